The zero-order chi connectivity index (χ0) is 26.3. The molecule has 9 nitrogen and oxygen atoms in total. The fourth-order valence-electron chi connectivity index (χ4n) is 4.53. The van der Waals surface area contributed by atoms with Crippen molar-refractivity contribution in [2.24, 2.45) is 0 Å². The smallest absolute Gasteiger partial charge is 0.253 e. The van der Waals surface area contributed by atoms with E-state index in [1.807, 2.05) is 28.8 Å². The maximum absolute atomic E-state index is 13.4. The van der Waals surface area contributed by atoms with Gasteiger partial charge >= 0.3 is 0 Å². The van der Waals surface area contributed by atoms with Crippen LogP contribution in [0.15, 0.2) is 65.6 Å². The Labute approximate surface area is 221 Å². The van der Waals surface area contributed by atoms with E-state index in [0.29, 0.717) is 22.0 Å². The van der Waals surface area contributed by atoms with Crippen molar-refractivity contribution in [3.63, 3.8) is 0 Å². The first kappa shape index (κ1) is 25.7. The van der Waals surface area contributed by atoms with Gasteiger partial charge in [-0.15, -0.1) is 0 Å². The number of halogens is 2. The Bertz CT molecular complexity index is 1420. The summed E-state index contributed by atoms with van der Waals surface area (Å²) in [5.41, 5.74) is 3.64. The molecule has 0 saturated carbocycles. The van der Waals surface area contributed by atoms with Gasteiger partial charge in [0.2, 0.25) is 0 Å². The van der Waals surface area contributed by atoms with Crippen molar-refractivity contribution in [1.29, 1.82) is 0 Å². The summed E-state index contributed by atoms with van der Waals surface area (Å²) in [7, 11) is 0. The topological polar surface area (TPSA) is 137 Å². The number of benzene rings is 2. The van der Waals surface area contributed by atoms with Crippen molar-refractivity contribution in [1.82, 2.24) is 9.88 Å². The largest absolute Gasteiger partial charge is 0.472 e. The van der Waals surface area contributed by atoms with Gasteiger partial charge in [-0.3, -0.25) is 4.79 Å². The maximum atomic E-state index is 13.4. The van der Waals surface area contributed by atoms with Gasteiger partial charge in [0.1, 0.15) is 24.4 Å². The van der Waals surface area contributed by atoms with Gasteiger partial charge in [-0.2, -0.15) is 0 Å². The van der Waals surface area contributed by atoms with E-state index in [4.69, 9.17) is 32.4 Å². The van der Waals surface area contributed by atoms with Gasteiger partial charge < -0.3 is 39.5 Å². The molecule has 2 aromatic carbocycles. The number of carbonyl (C=O) groups excluding carboxylic acids is 1. The van der Waals surface area contributed by atoms with Crippen LogP contribution >= 0.6 is 23.2 Å². The highest BCUT2D eigenvalue weighted by molar-refractivity contribution is 6.42. The Morgan fingerprint density at radius 3 is 2.51 bits per heavy atom. The third-order valence-corrected chi connectivity index (χ3v) is 7.26. The number of carbonyl (C=O) groups is 1. The number of amides is 1. The monoisotopic (exact) mass is 546 g/mol. The SMILES string of the molecule is O=C(N[C@H]1C(O)O[C@H](CO)[C@@H](O)C1O)c1cn(Cc2ccc(Cl)c(Cl)c2)c2cc(-c3ccoc3)ccc12. The van der Waals surface area contributed by atoms with Crippen molar-refractivity contribution in [2.45, 2.75) is 37.2 Å². The van der Waals surface area contributed by atoms with E-state index in [-0.39, 0.29) is 5.56 Å². The second-order valence-electron chi connectivity index (χ2n) is 8.89. The van der Waals surface area contributed by atoms with E-state index < -0.39 is 43.2 Å². The number of hydrogen-bond donors (Lipinski definition) is 5. The molecule has 0 spiro atoms. The van der Waals surface area contributed by atoms with E-state index in [9.17, 15) is 25.2 Å². The average molecular weight is 547 g/mol. The van der Waals surface area contributed by atoms with Crippen LogP contribution in [0, 0.1) is 0 Å². The Balaban J connectivity index is 1.51. The first-order valence-corrected chi connectivity index (χ1v) is 12.2. The molecule has 2 unspecified atom stereocenters. The van der Waals surface area contributed by atoms with Crippen LogP contribution in [0.25, 0.3) is 22.0 Å². The van der Waals surface area contributed by atoms with Gasteiger partial charge in [-0.05, 0) is 35.4 Å². The van der Waals surface area contributed by atoms with Crippen LogP contribution in [-0.2, 0) is 11.3 Å². The van der Waals surface area contributed by atoms with E-state index in [1.54, 1.807) is 36.9 Å². The summed E-state index contributed by atoms with van der Waals surface area (Å²) in [6.07, 6.45) is -0.987. The molecule has 11 heteroatoms. The molecule has 0 radical (unpaired) electrons. The molecule has 0 aliphatic carbocycles. The van der Waals surface area contributed by atoms with Crippen molar-refractivity contribution < 1.29 is 34.4 Å². The van der Waals surface area contributed by atoms with Gasteiger partial charge in [0, 0.05) is 29.2 Å². The Morgan fingerprint density at radius 2 is 1.81 bits per heavy atom. The van der Waals surface area contributed by atoms with Crippen LogP contribution in [0.1, 0.15) is 15.9 Å². The van der Waals surface area contributed by atoms with Crippen LogP contribution in [0.5, 0.6) is 0 Å². The lowest BCUT2D eigenvalue weighted by Gasteiger charge is -2.40. The van der Waals surface area contributed by atoms with Gasteiger partial charge in [0.15, 0.2) is 6.29 Å². The molecule has 1 saturated heterocycles. The Kier molecular flexibility index (Phi) is 7.28. The fraction of sp³-hybridized carbons (Fsp3) is 0.269. The molecule has 5 rings (SSSR count). The number of furan rings is 1. The second-order valence-corrected chi connectivity index (χ2v) is 9.71. The maximum Gasteiger partial charge on any atom is 0.253 e. The Hall–Kier alpha value is -2.89. The van der Waals surface area contributed by atoms with E-state index in [0.717, 1.165) is 22.2 Å². The first-order chi connectivity index (χ1) is 17.8. The molecule has 1 amide bonds. The number of rotatable bonds is 6. The minimum Gasteiger partial charge on any atom is -0.472 e. The molecule has 2 aromatic heterocycles. The third kappa shape index (κ3) is 4.99. The van der Waals surface area contributed by atoms with E-state index in [1.165, 1.54) is 0 Å². The minimum absolute atomic E-state index is 0.284. The van der Waals surface area contributed by atoms with Crippen molar-refractivity contribution in [2.75, 3.05) is 6.61 Å². The van der Waals surface area contributed by atoms with Gasteiger partial charge in [0.05, 0.1) is 34.7 Å². The number of hydrogen-bond acceptors (Lipinski definition) is 7. The molecule has 1 fully saturated rings. The number of nitrogens with zero attached hydrogens (tertiary/aromatic N) is 1. The molecule has 37 heavy (non-hydrogen) atoms. The summed E-state index contributed by atoms with van der Waals surface area (Å²) >= 11 is 12.3. The highest BCUT2D eigenvalue weighted by Crippen LogP contribution is 2.30. The fourth-order valence-corrected chi connectivity index (χ4v) is 4.85. The number of ether oxygens (including phenoxy) is 1. The normalized spacial score (nSPS) is 23.9. The summed E-state index contributed by atoms with van der Waals surface area (Å²) < 4.78 is 12.3. The van der Waals surface area contributed by atoms with Gasteiger partial charge in [-0.25, -0.2) is 0 Å². The summed E-state index contributed by atoms with van der Waals surface area (Å²) in [6.45, 7) is -0.221. The zero-order valence-electron chi connectivity index (χ0n) is 19.3. The minimum atomic E-state index is -1.63. The quantitative estimate of drug-likeness (QED) is 0.250. The van der Waals surface area contributed by atoms with Gasteiger partial charge in [-0.1, -0.05) is 41.4 Å². The van der Waals surface area contributed by atoms with Crippen LogP contribution < -0.4 is 5.32 Å². The lowest BCUT2D eigenvalue weighted by Crippen LogP contribution is -2.64. The molecule has 1 aliphatic heterocycles. The lowest BCUT2D eigenvalue weighted by atomic mass is 9.96. The molecule has 4 aromatic rings. The highest BCUT2D eigenvalue weighted by Gasteiger charge is 2.44. The van der Waals surface area contributed by atoms with Crippen LogP contribution in [-0.4, -0.2) is 68.2 Å². The molecule has 3 heterocycles. The summed E-state index contributed by atoms with van der Waals surface area (Å²) in [6, 6.07) is 11.4. The van der Waals surface area contributed by atoms with Crippen molar-refractivity contribution in [3.8, 4) is 11.1 Å². The number of aliphatic hydroxyl groups is 4. The standard InChI is InChI=1S/C26H24Cl2N2O7/c27-18-4-1-13(7-19(18)28)9-30-10-17(16-3-2-14(8-20(16)30)15-5-6-36-12-15)25(34)29-22-24(33)23(32)21(11-31)37-26(22)35/h1-8,10,12,21-24,26,31-33,35H,9,11H2,(H,29,34)/t21-,22-,23-,24?,26?/m1/s1. The van der Waals surface area contributed by atoms with Crippen LogP contribution in [0.3, 0.4) is 0 Å². The first-order valence-electron chi connectivity index (χ1n) is 11.5. The molecular weight excluding hydrogens is 523 g/mol. The average Bonchev–Trinajstić information content (AvgIpc) is 3.55. The second kappa shape index (κ2) is 10.5. The zero-order valence-corrected chi connectivity index (χ0v) is 20.8. The van der Waals surface area contributed by atoms with Gasteiger partial charge in [0.25, 0.3) is 5.91 Å². The Morgan fingerprint density at radius 1 is 1.00 bits per heavy atom. The molecule has 5 atom stereocenters. The number of aliphatic hydroxyl groups excluding tert-OH is 4. The molecule has 194 valence electrons. The van der Waals surface area contributed by atoms with Crippen molar-refractivity contribution in [3.05, 3.63) is 82.4 Å². The number of fused-ring (bicyclic) bond motifs is 1. The third-order valence-electron chi connectivity index (χ3n) is 6.52. The van der Waals surface area contributed by atoms with Crippen LogP contribution in [0.4, 0.5) is 0 Å². The predicted octanol–water partition coefficient (Wildman–Crippen LogP) is 2.79. The summed E-state index contributed by atoms with van der Waals surface area (Å²) in [5, 5.41) is 44.3. The van der Waals surface area contributed by atoms with E-state index >= 15 is 0 Å². The number of aromatic nitrogens is 1. The van der Waals surface area contributed by atoms with Crippen LogP contribution in [0.2, 0.25) is 10.0 Å². The molecule has 5 N–H and O–H groups in total. The molecule has 1 aliphatic rings. The lowest BCUT2D eigenvalue weighted by molar-refractivity contribution is -0.252. The summed E-state index contributed by atoms with van der Waals surface area (Å²) in [4.78, 5) is 13.4. The van der Waals surface area contributed by atoms with E-state index in [2.05, 4.69) is 5.32 Å². The predicted molar refractivity (Wildman–Crippen MR) is 136 cm³/mol. The van der Waals surface area contributed by atoms with Crippen molar-refractivity contribution >= 4 is 40.0 Å². The molecular formula is C26H24Cl2N2O7. The molecule has 0 bridgehead atoms. The highest BCUT2D eigenvalue weighted by atomic mass is 35.5. The number of nitrogens with one attached hydrogen (secondary N) is 1. The summed E-state index contributed by atoms with van der Waals surface area (Å²) in [5.74, 6) is -0.588.